The molecule has 0 saturated heterocycles. The fourth-order valence-corrected chi connectivity index (χ4v) is 2.63. The summed E-state index contributed by atoms with van der Waals surface area (Å²) in [5.74, 6) is 1.12. The Hall–Kier alpha value is -0.860. The van der Waals surface area contributed by atoms with Crippen molar-refractivity contribution in [3.63, 3.8) is 0 Å². The molecule has 2 nitrogen and oxygen atoms in total. The molecule has 1 N–H and O–H groups in total. The van der Waals surface area contributed by atoms with E-state index in [1.54, 1.807) is 7.11 Å². The van der Waals surface area contributed by atoms with Gasteiger partial charge in [-0.25, -0.2) is 0 Å². The number of aliphatic hydroxyl groups excluding tert-OH is 1. The Labute approximate surface area is 110 Å². The molecule has 1 saturated carbocycles. The Balaban J connectivity index is 1.98. The molecule has 1 aliphatic carbocycles. The normalized spacial score (nSPS) is 19.3. The summed E-state index contributed by atoms with van der Waals surface area (Å²) in [4.78, 5) is 0. The van der Waals surface area contributed by atoms with E-state index in [0.717, 1.165) is 17.9 Å². The Kier molecular flexibility index (Phi) is 4.79. The van der Waals surface area contributed by atoms with E-state index in [2.05, 4.69) is 25.1 Å². The van der Waals surface area contributed by atoms with Crippen LogP contribution in [0.1, 0.15) is 55.8 Å². The van der Waals surface area contributed by atoms with Gasteiger partial charge in [0.15, 0.2) is 0 Å². The van der Waals surface area contributed by atoms with Gasteiger partial charge in [0.2, 0.25) is 0 Å². The van der Waals surface area contributed by atoms with Crippen molar-refractivity contribution in [3.8, 4) is 0 Å². The number of hydrogen-bond donors (Lipinski definition) is 1. The Morgan fingerprint density at radius 3 is 2.78 bits per heavy atom. The molecule has 2 unspecified atom stereocenters. The lowest BCUT2D eigenvalue weighted by Gasteiger charge is -2.26. The van der Waals surface area contributed by atoms with Crippen LogP contribution in [-0.4, -0.2) is 18.8 Å². The SMILES string of the molecule is COCC(C)CC(O)c1cccc(C2CCC2)c1. The van der Waals surface area contributed by atoms with Gasteiger partial charge in [-0.05, 0) is 42.2 Å². The minimum Gasteiger partial charge on any atom is -0.388 e. The number of hydrogen-bond acceptors (Lipinski definition) is 2. The van der Waals surface area contributed by atoms with Gasteiger partial charge >= 0.3 is 0 Å². The summed E-state index contributed by atoms with van der Waals surface area (Å²) < 4.78 is 5.12. The molecule has 1 aliphatic rings. The van der Waals surface area contributed by atoms with E-state index in [9.17, 15) is 5.11 Å². The summed E-state index contributed by atoms with van der Waals surface area (Å²) in [6.07, 6.45) is 4.36. The molecule has 0 radical (unpaired) electrons. The zero-order valence-electron chi connectivity index (χ0n) is 11.4. The Morgan fingerprint density at radius 1 is 1.39 bits per heavy atom. The molecule has 1 fully saturated rings. The standard InChI is InChI=1S/C16H24O2/c1-12(11-18-2)9-16(17)15-8-4-7-14(10-15)13-5-3-6-13/h4,7-8,10,12-13,16-17H,3,5-6,9,11H2,1-2H3. The Bertz CT molecular complexity index is 371. The zero-order chi connectivity index (χ0) is 13.0. The van der Waals surface area contributed by atoms with Crippen LogP contribution < -0.4 is 0 Å². The van der Waals surface area contributed by atoms with E-state index >= 15 is 0 Å². The first kappa shape index (κ1) is 13.6. The first-order valence-electron chi connectivity index (χ1n) is 6.97. The van der Waals surface area contributed by atoms with Crippen molar-refractivity contribution in [2.24, 2.45) is 5.92 Å². The Morgan fingerprint density at radius 2 is 2.17 bits per heavy atom. The van der Waals surface area contributed by atoms with Crippen LogP contribution >= 0.6 is 0 Å². The monoisotopic (exact) mass is 248 g/mol. The maximum Gasteiger partial charge on any atom is 0.0793 e. The lowest BCUT2D eigenvalue weighted by Crippen LogP contribution is -2.11. The molecule has 0 amide bonds. The third kappa shape index (κ3) is 3.33. The van der Waals surface area contributed by atoms with Crippen molar-refractivity contribution in [2.45, 2.75) is 44.6 Å². The predicted molar refractivity (Wildman–Crippen MR) is 73.7 cm³/mol. The number of rotatable bonds is 6. The second kappa shape index (κ2) is 6.35. The predicted octanol–water partition coefficient (Wildman–Crippen LogP) is 3.66. The van der Waals surface area contributed by atoms with Gasteiger partial charge in [0, 0.05) is 13.7 Å². The van der Waals surface area contributed by atoms with Crippen molar-refractivity contribution in [1.29, 1.82) is 0 Å². The molecule has 2 atom stereocenters. The van der Waals surface area contributed by atoms with Crippen molar-refractivity contribution in [1.82, 2.24) is 0 Å². The highest BCUT2D eigenvalue weighted by atomic mass is 16.5. The summed E-state index contributed by atoms with van der Waals surface area (Å²) in [7, 11) is 1.71. The molecule has 2 heteroatoms. The largest absolute Gasteiger partial charge is 0.388 e. The third-order valence-corrected chi connectivity index (χ3v) is 3.95. The minimum atomic E-state index is -0.366. The third-order valence-electron chi connectivity index (χ3n) is 3.95. The molecule has 100 valence electrons. The maximum atomic E-state index is 10.3. The number of ether oxygens (including phenoxy) is 1. The second-order valence-corrected chi connectivity index (χ2v) is 5.61. The average molecular weight is 248 g/mol. The second-order valence-electron chi connectivity index (χ2n) is 5.61. The van der Waals surface area contributed by atoms with Gasteiger partial charge in [-0.15, -0.1) is 0 Å². The van der Waals surface area contributed by atoms with E-state index in [0.29, 0.717) is 12.5 Å². The van der Waals surface area contributed by atoms with E-state index in [4.69, 9.17) is 4.74 Å². The van der Waals surface area contributed by atoms with Crippen LogP contribution in [0, 0.1) is 5.92 Å². The van der Waals surface area contributed by atoms with Gasteiger partial charge in [-0.1, -0.05) is 37.6 Å². The summed E-state index contributed by atoms with van der Waals surface area (Å²) >= 11 is 0. The van der Waals surface area contributed by atoms with E-state index in [1.165, 1.54) is 24.8 Å². The van der Waals surface area contributed by atoms with Crippen molar-refractivity contribution in [2.75, 3.05) is 13.7 Å². The van der Waals surface area contributed by atoms with Gasteiger partial charge in [0.05, 0.1) is 6.10 Å². The molecule has 0 aromatic heterocycles. The molecule has 1 aromatic carbocycles. The van der Waals surface area contributed by atoms with Gasteiger partial charge < -0.3 is 9.84 Å². The lowest BCUT2D eigenvalue weighted by molar-refractivity contribution is 0.102. The van der Waals surface area contributed by atoms with E-state index in [1.807, 2.05) is 6.07 Å². The minimum absolute atomic E-state index is 0.366. The van der Waals surface area contributed by atoms with Crippen LogP contribution in [0.3, 0.4) is 0 Å². The molecule has 0 aliphatic heterocycles. The summed E-state index contributed by atoms with van der Waals surface area (Å²) in [6.45, 7) is 2.82. The van der Waals surface area contributed by atoms with E-state index < -0.39 is 0 Å². The number of aliphatic hydroxyl groups is 1. The molecular formula is C16H24O2. The average Bonchev–Trinajstić information content (AvgIpc) is 2.27. The van der Waals surface area contributed by atoms with Crippen LogP contribution in [0.4, 0.5) is 0 Å². The van der Waals surface area contributed by atoms with Crippen molar-refractivity contribution < 1.29 is 9.84 Å². The molecule has 0 bridgehead atoms. The molecular weight excluding hydrogens is 224 g/mol. The molecule has 0 spiro atoms. The maximum absolute atomic E-state index is 10.3. The fraction of sp³-hybridized carbons (Fsp3) is 0.625. The van der Waals surface area contributed by atoms with Crippen LogP contribution in [0.2, 0.25) is 0 Å². The quantitative estimate of drug-likeness (QED) is 0.832. The van der Waals surface area contributed by atoms with Crippen molar-refractivity contribution in [3.05, 3.63) is 35.4 Å². The highest BCUT2D eigenvalue weighted by Crippen LogP contribution is 2.37. The van der Waals surface area contributed by atoms with Gasteiger partial charge in [0.25, 0.3) is 0 Å². The van der Waals surface area contributed by atoms with Crippen molar-refractivity contribution >= 4 is 0 Å². The fourth-order valence-electron chi connectivity index (χ4n) is 2.63. The topological polar surface area (TPSA) is 29.5 Å². The summed E-state index contributed by atoms with van der Waals surface area (Å²) in [5, 5.41) is 10.3. The summed E-state index contributed by atoms with van der Waals surface area (Å²) in [6, 6.07) is 8.49. The molecule has 18 heavy (non-hydrogen) atoms. The zero-order valence-corrected chi connectivity index (χ0v) is 11.4. The lowest BCUT2D eigenvalue weighted by atomic mass is 9.79. The first-order valence-corrected chi connectivity index (χ1v) is 6.97. The molecule has 1 aromatic rings. The molecule has 2 rings (SSSR count). The van der Waals surface area contributed by atoms with Gasteiger partial charge in [-0.2, -0.15) is 0 Å². The van der Waals surface area contributed by atoms with Crippen LogP contribution in [0.25, 0.3) is 0 Å². The van der Waals surface area contributed by atoms with Crippen LogP contribution in [-0.2, 0) is 4.74 Å². The van der Waals surface area contributed by atoms with Gasteiger partial charge in [0.1, 0.15) is 0 Å². The first-order chi connectivity index (χ1) is 8.70. The smallest absolute Gasteiger partial charge is 0.0793 e. The highest BCUT2D eigenvalue weighted by molar-refractivity contribution is 5.29. The molecule has 0 heterocycles. The van der Waals surface area contributed by atoms with Crippen LogP contribution in [0.5, 0.6) is 0 Å². The number of methoxy groups -OCH3 is 1. The summed E-state index contributed by atoms with van der Waals surface area (Å²) in [5.41, 5.74) is 2.46. The van der Waals surface area contributed by atoms with Crippen LogP contribution in [0.15, 0.2) is 24.3 Å². The number of benzene rings is 1. The van der Waals surface area contributed by atoms with Gasteiger partial charge in [-0.3, -0.25) is 0 Å². The van der Waals surface area contributed by atoms with E-state index in [-0.39, 0.29) is 6.10 Å². The highest BCUT2D eigenvalue weighted by Gasteiger charge is 2.20.